The zero-order valence-electron chi connectivity index (χ0n) is 10.5. The fourth-order valence-electron chi connectivity index (χ4n) is 1.43. The summed E-state index contributed by atoms with van der Waals surface area (Å²) in [6.45, 7) is 4.23. The first-order valence-electron chi connectivity index (χ1n) is 5.35. The van der Waals surface area contributed by atoms with Crippen LogP contribution in [0.15, 0.2) is 12.3 Å². The van der Waals surface area contributed by atoms with E-state index in [4.69, 9.17) is 16.3 Å². The van der Waals surface area contributed by atoms with E-state index in [9.17, 15) is 4.79 Å². The molecule has 0 saturated heterocycles. The quantitative estimate of drug-likeness (QED) is 0.829. The molecule has 1 unspecified atom stereocenters. The van der Waals surface area contributed by atoms with Crippen molar-refractivity contribution >= 4 is 17.5 Å². The second-order valence-electron chi connectivity index (χ2n) is 4.03. The van der Waals surface area contributed by atoms with E-state index >= 15 is 0 Å². The van der Waals surface area contributed by atoms with Gasteiger partial charge in [0.25, 0.3) is 5.91 Å². The summed E-state index contributed by atoms with van der Waals surface area (Å²) in [6, 6.07) is 1.67. The standard InChI is InChI=1S/C12H17ClN2O2/c1-8-5-11(13)10(6-14-8)12(16)15(3)9(2)7-17-4/h5-6,9H,7H2,1-4H3. The van der Waals surface area contributed by atoms with Crippen molar-refractivity contribution in [3.63, 3.8) is 0 Å². The number of methoxy groups -OCH3 is 1. The lowest BCUT2D eigenvalue weighted by molar-refractivity contribution is 0.0633. The minimum atomic E-state index is -0.146. The molecule has 1 aromatic heterocycles. The Morgan fingerprint density at radius 2 is 2.29 bits per heavy atom. The van der Waals surface area contributed by atoms with E-state index in [0.29, 0.717) is 17.2 Å². The van der Waals surface area contributed by atoms with Gasteiger partial charge >= 0.3 is 0 Å². The number of pyridine rings is 1. The van der Waals surface area contributed by atoms with Crippen LogP contribution in [-0.2, 0) is 4.74 Å². The van der Waals surface area contributed by atoms with E-state index in [1.54, 1.807) is 25.1 Å². The number of aromatic nitrogens is 1. The molecule has 1 atom stereocenters. The summed E-state index contributed by atoms with van der Waals surface area (Å²) in [5.41, 5.74) is 1.21. The first-order chi connectivity index (χ1) is 7.97. The predicted octanol–water partition coefficient (Wildman–Crippen LogP) is 2.15. The molecule has 5 heteroatoms. The molecular formula is C12H17ClN2O2. The molecule has 1 amide bonds. The van der Waals surface area contributed by atoms with Gasteiger partial charge in [0.15, 0.2) is 0 Å². The third-order valence-corrected chi connectivity index (χ3v) is 2.92. The molecule has 0 radical (unpaired) electrons. The van der Waals surface area contributed by atoms with Crippen LogP contribution in [0.2, 0.25) is 5.02 Å². The zero-order chi connectivity index (χ0) is 13.0. The van der Waals surface area contributed by atoms with E-state index in [1.165, 1.54) is 6.20 Å². The van der Waals surface area contributed by atoms with Crippen molar-refractivity contribution in [1.29, 1.82) is 0 Å². The van der Waals surface area contributed by atoms with Crippen molar-refractivity contribution in [3.05, 3.63) is 28.5 Å². The maximum atomic E-state index is 12.1. The van der Waals surface area contributed by atoms with Crippen molar-refractivity contribution < 1.29 is 9.53 Å². The van der Waals surface area contributed by atoms with Crippen LogP contribution in [0.25, 0.3) is 0 Å². The number of aryl methyl sites for hydroxylation is 1. The average molecular weight is 257 g/mol. The highest BCUT2D eigenvalue weighted by molar-refractivity contribution is 6.33. The van der Waals surface area contributed by atoms with Gasteiger partial charge < -0.3 is 9.64 Å². The van der Waals surface area contributed by atoms with Crippen LogP contribution < -0.4 is 0 Å². The largest absolute Gasteiger partial charge is 0.383 e. The number of amides is 1. The number of nitrogens with zero attached hydrogens (tertiary/aromatic N) is 2. The Morgan fingerprint density at radius 3 is 2.82 bits per heavy atom. The molecule has 17 heavy (non-hydrogen) atoms. The van der Waals surface area contributed by atoms with Crippen LogP contribution in [0, 0.1) is 6.92 Å². The van der Waals surface area contributed by atoms with E-state index in [0.717, 1.165) is 5.69 Å². The van der Waals surface area contributed by atoms with E-state index in [-0.39, 0.29) is 11.9 Å². The van der Waals surface area contributed by atoms with Crippen molar-refractivity contribution in [1.82, 2.24) is 9.88 Å². The molecule has 0 fully saturated rings. The number of hydrogen-bond donors (Lipinski definition) is 0. The fourth-order valence-corrected chi connectivity index (χ4v) is 1.71. The Kier molecular flexibility index (Phi) is 4.90. The molecule has 0 aliphatic heterocycles. The van der Waals surface area contributed by atoms with Crippen LogP contribution in [0.4, 0.5) is 0 Å². The number of carbonyl (C=O) groups excluding carboxylic acids is 1. The number of carbonyl (C=O) groups is 1. The molecule has 1 rings (SSSR count). The van der Waals surface area contributed by atoms with Gasteiger partial charge in [-0.2, -0.15) is 0 Å². The molecule has 0 saturated carbocycles. The second kappa shape index (κ2) is 5.98. The second-order valence-corrected chi connectivity index (χ2v) is 4.43. The normalized spacial score (nSPS) is 12.3. The molecule has 0 aliphatic rings. The highest BCUT2D eigenvalue weighted by Crippen LogP contribution is 2.18. The lowest BCUT2D eigenvalue weighted by atomic mass is 10.2. The number of halogens is 1. The number of hydrogen-bond acceptors (Lipinski definition) is 3. The average Bonchev–Trinajstić information content (AvgIpc) is 2.27. The van der Waals surface area contributed by atoms with Crippen molar-refractivity contribution in [2.45, 2.75) is 19.9 Å². The maximum Gasteiger partial charge on any atom is 0.257 e. The summed E-state index contributed by atoms with van der Waals surface area (Å²) >= 11 is 6.03. The predicted molar refractivity (Wildman–Crippen MR) is 67.4 cm³/mol. The Morgan fingerprint density at radius 1 is 1.65 bits per heavy atom. The van der Waals surface area contributed by atoms with Crippen LogP contribution in [0.5, 0.6) is 0 Å². The van der Waals surface area contributed by atoms with Crippen LogP contribution in [0.1, 0.15) is 23.0 Å². The Bertz CT molecular complexity index is 409. The van der Waals surface area contributed by atoms with E-state index in [2.05, 4.69) is 4.98 Å². The molecule has 94 valence electrons. The summed E-state index contributed by atoms with van der Waals surface area (Å²) in [5.74, 6) is -0.146. The molecular weight excluding hydrogens is 240 g/mol. The fraction of sp³-hybridized carbons (Fsp3) is 0.500. The van der Waals surface area contributed by atoms with Crippen molar-refractivity contribution in [3.8, 4) is 0 Å². The highest BCUT2D eigenvalue weighted by atomic mass is 35.5. The molecule has 0 aromatic carbocycles. The third kappa shape index (κ3) is 3.41. The summed E-state index contributed by atoms with van der Waals surface area (Å²) in [6.07, 6.45) is 1.51. The number of rotatable bonds is 4. The maximum absolute atomic E-state index is 12.1. The van der Waals surface area contributed by atoms with Gasteiger partial charge in [0.1, 0.15) is 0 Å². The van der Waals surface area contributed by atoms with Gasteiger partial charge in [-0.1, -0.05) is 11.6 Å². The number of likely N-dealkylation sites (N-methyl/N-ethyl adjacent to an activating group) is 1. The molecule has 0 aliphatic carbocycles. The Balaban J connectivity index is 2.88. The van der Waals surface area contributed by atoms with Crippen molar-refractivity contribution in [2.75, 3.05) is 20.8 Å². The van der Waals surface area contributed by atoms with Gasteiger partial charge in [0, 0.05) is 26.0 Å². The molecule has 0 bridgehead atoms. The lowest BCUT2D eigenvalue weighted by Crippen LogP contribution is -2.38. The molecule has 1 heterocycles. The SMILES string of the molecule is COCC(C)N(C)C(=O)c1cnc(C)cc1Cl. The summed E-state index contributed by atoms with van der Waals surface area (Å²) in [4.78, 5) is 17.8. The lowest BCUT2D eigenvalue weighted by Gasteiger charge is -2.24. The third-order valence-electron chi connectivity index (χ3n) is 2.61. The van der Waals surface area contributed by atoms with Gasteiger partial charge in [-0.05, 0) is 19.9 Å². The first-order valence-corrected chi connectivity index (χ1v) is 5.73. The molecule has 0 N–H and O–H groups in total. The first kappa shape index (κ1) is 13.9. The van der Waals surface area contributed by atoms with Gasteiger partial charge in [0.2, 0.25) is 0 Å². The minimum absolute atomic E-state index is 0.00938. The van der Waals surface area contributed by atoms with Gasteiger partial charge in [-0.25, -0.2) is 0 Å². The molecule has 4 nitrogen and oxygen atoms in total. The van der Waals surface area contributed by atoms with E-state index in [1.807, 2.05) is 13.8 Å². The number of ether oxygens (including phenoxy) is 1. The summed E-state index contributed by atoms with van der Waals surface area (Å²) in [7, 11) is 3.33. The van der Waals surface area contributed by atoms with Gasteiger partial charge in [0.05, 0.1) is 23.2 Å². The minimum Gasteiger partial charge on any atom is -0.383 e. The van der Waals surface area contributed by atoms with Crippen LogP contribution in [0.3, 0.4) is 0 Å². The van der Waals surface area contributed by atoms with Crippen LogP contribution in [-0.4, -0.2) is 42.6 Å². The topological polar surface area (TPSA) is 42.4 Å². The zero-order valence-corrected chi connectivity index (χ0v) is 11.3. The molecule has 1 aromatic rings. The molecule has 0 spiro atoms. The summed E-state index contributed by atoms with van der Waals surface area (Å²) in [5, 5.41) is 0.430. The van der Waals surface area contributed by atoms with E-state index < -0.39 is 0 Å². The summed E-state index contributed by atoms with van der Waals surface area (Å²) < 4.78 is 5.02. The van der Waals surface area contributed by atoms with Gasteiger partial charge in [-0.15, -0.1) is 0 Å². The van der Waals surface area contributed by atoms with Crippen molar-refractivity contribution in [2.24, 2.45) is 0 Å². The highest BCUT2D eigenvalue weighted by Gasteiger charge is 2.19. The Hall–Kier alpha value is -1.13. The monoisotopic (exact) mass is 256 g/mol. The smallest absolute Gasteiger partial charge is 0.257 e. The van der Waals surface area contributed by atoms with Crippen LogP contribution >= 0.6 is 11.6 Å². The van der Waals surface area contributed by atoms with Gasteiger partial charge in [-0.3, -0.25) is 9.78 Å². The Labute approximate surface area is 107 Å².